The van der Waals surface area contributed by atoms with E-state index in [9.17, 15) is 9.59 Å². The molecular formula is C11H10N2O3. The lowest BCUT2D eigenvalue weighted by molar-refractivity contribution is -0.117. The molecule has 0 aromatic carbocycles. The molecule has 1 heterocycles. The van der Waals surface area contributed by atoms with Crippen molar-refractivity contribution in [3.8, 4) is 11.8 Å². The fourth-order valence-corrected chi connectivity index (χ4v) is 0.992. The summed E-state index contributed by atoms with van der Waals surface area (Å²) in [6.45, 7) is 0. The number of amides is 1. The summed E-state index contributed by atoms with van der Waals surface area (Å²) in [7, 11) is 1.26. The highest BCUT2D eigenvalue weighted by Gasteiger charge is 2.10. The Bertz CT molecular complexity index is 472. The Kier molecular flexibility index (Phi) is 4.04. The van der Waals surface area contributed by atoms with Crippen LogP contribution in [0.15, 0.2) is 18.3 Å². The van der Waals surface area contributed by atoms with Crippen molar-refractivity contribution in [1.29, 1.82) is 0 Å². The first-order valence-electron chi connectivity index (χ1n) is 4.45. The summed E-state index contributed by atoms with van der Waals surface area (Å²) in [5, 5.41) is 0. The quantitative estimate of drug-likeness (QED) is 0.563. The number of hydrogen-bond acceptors (Lipinski definition) is 4. The molecule has 1 amide bonds. The van der Waals surface area contributed by atoms with E-state index in [1.807, 2.05) is 0 Å². The lowest BCUT2D eigenvalue weighted by Crippen LogP contribution is -2.09. The SMILES string of the molecule is COC(=O)c1ncccc1C#CCC(N)=O. The maximum atomic E-state index is 11.3. The van der Waals surface area contributed by atoms with Gasteiger partial charge in [-0.2, -0.15) is 0 Å². The Morgan fingerprint density at radius 3 is 2.94 bits per heavy atom. The van der Waals surface area contributed by atoms with Gasteiger partial charge in [0.15, 0.2) is 5.69 Å². The average molecular weight is 218 g/mol. The number of ether oxygens (including phenoxy) is 1. The molecular weight excluding hydrogens is 208 g/mol. The largest absolute Gasteiger partial charge is 0.464 e. The molecule has 0 aliphatic heterocycles. The van der Waals surface area contributed by atoms with Crippen LogP contribution in [0.4, 0.5) is 0 Å². The molecule has 16 heavy (non-hydrogen) atoms. The van der Waals surface area contributed by atoms with Gasteiger partial charge in [0.1, 0.15) is 0 Å². The molecule has 0 spiro atoms. The Morgan fingerprint density at radius 2 is 2.31 bits per heavy atom. The van der Waals surface area contributed by atoms with Crippen LogP contribution in [-0.2, 0) is 9.53 Å². The topological polar surface area (TPSA) is 82.3 Å². The highest BCUT2D eigenvalue weighted by molar-refractivity contribution is 5.90. The van der Waals surface area contributed by atoms with Crippen LogP contribution < -0.4 is 5.73 Å². The van der Waals surface area contributed by atoms with Gasteiger partial charge in [-0.25, -0.2) is 9.78 Å². The zero-order valence-electron chi connectivity index (χ0n) is 8.69. The number of esters is 1. The van der Waals surface area contributed by atoms with Gasteiger partial charge in [-0.05, 0) is 12.1 Å². The van der Waals surface area contributed by atoms with Crippen LogP contribution in [0.2, 0.25) is 0 Å². The molecule has 0 unspecified atom stereocenters. The molecule has 5 heteroatoms. The number of methoxy groups -OCH3 is 1. The molecule has 1 rings (SSSR count). The van der Waals surface area contributed by atoms with E-state index in [1.165, 1.54) is 13.3 Å². The number of nitrogens with two attached hydrogens (primary N) is 1. The molecule has 0 bridgehead atoms. The van der Waals surface area contributed by atoms with Crippen molar-refractivity contribution in [2.24, 2.45) is 5.73 Å². The molecule has 0 atom stereocenters. The van der Waals surface area contributed by atoms with E-state index in [0.29, 0.717) is 5.56 Å². The number of aromatic nitrogens is 1. The highest BCUT2D eigenvalue weighted by atomic mass is 16.5. The molecule has 82 valence electrons. The van der Waals surface area contributed by atoms with Gasteiger partial charge >= 0.3 is 5.97 Å². The predicted octanol–water partition coefficient (Wildman–Crippen LogP) is 0.0951. The fraction of sp³-hybridized carbons (Fsp3) is 0.182. The van der Waals surface area contributed by atoms with E-state index < -0.39 is 11.9 Å². The first-order chi connectivity index (χ1) is 7.65. The molecule has 0 aliphatic rings. The lowest BCUT2D eigenvalue weighted by atomic mass is 10.2. The highest BCUT2D eigenvalue weighted by Crippen LogP contribution is 2.04. The fourth-order valence-electron chi connectivity index (χ4n) is 0.992. The van der Waals surface area contributed by atoms with Crippen molar-refractivity contribution in [1.82, 2.24) is 4.98 Å². The minimum absolute atomic E-state index is 0.0600. The number of pyridine rings is 1. The maximum Gasteiger partial charge on any atom is 0.357 e. The Morgan fingerprint density at radius 1 is 1.56 bits per heavy atom. The van der Waals surface area contributed by atoms with Crippen molar-refractivity contribution in [3.63, 3.8) is 0 Å². The monoisotopic (exact) mass is 218 g/mol. The van der Waals surface area contributed by atoms with Gasteiger partial charge < -0.3 is 10.5 Å². The minimum atomic E-state index is -0.566. The van der Waals surface area contributed by atoms with E-state index >= 15 is 0 Å². The Labute approximate surface area is 92.6 Å². The van der Waals surface area contributed by atoms with Crippen molar-refractivity contribution < 1.29 is 14.3 Å². The first kappa shape index (κ1) is 11.7. The molecule has 0 saturated carbocycles. The smallest absolute Gasteiger partial charge is 0.357 e. The number of hydrogen-bond donors (Lipinski definition) is 1. The summed E-state index contributed by atoms with van der Waals surface area (Å²) in [4.78, 5) is 25.6. The number of primary amides is 1. The van der Waals surface area contributed by atoms with Crippen LogP contribution in [0, 0.1) is 11.8 Å². The van der Waals surface area contributed by atoms with Crippen LogP contribution in [0.3, 0.4) is 0 Å². The van der Waals surface area contributed by atoms with Gasteiger partial charge in [0.05, 0.1) is 19.1 Å². The van der Waals surface area contributed by atoms with E-state index in [0.717, 1.165) is 0 Å². The summed E-state index contributed by atoms with van der Waals surface area (Å²) < 4.78 is 4.54. The predicted molar refractivity (Wildman–Crippen MR) is 56.3 cm³/mol. The summed E-state index contributed by atoms with van der Waals surface area (Å²) >= 11 is 0. The van der Waals surface area contributed by atoms with Crippen molar-refractivity contribution in [2.45, 2.75) is 6.42 Å². The molecule has 0 aliphatic carbocycles. The van der Waals surface area contributed by atoms with Crippen LogP contribution in [-0.4, -0.2) is 24.0 Å². The lowest BCUT2D eigenvalue weighted by Gasteiger charge is -1.99. The van der Waals surface area contributed by atoms with Gasteiger partial charge in [0.25, 0.3) is 0 Å². The average Bonchev–Trinajstić information content (AvgIpc) is 2.28. The summed E-state index contributed by atoms with van der Waals surface area (Å²) in [5.41, 5.74) is 5.47. The van der Waals surface area contributed by atoms with Gasteiger partial charge in [-0.15, -0.1) is 0 Å². The van der Waals surface area contributed by atoms with Gasteiger partial charge in [-0.3, -0.25) is 4.79 Å². The van der Waals surface area contributed by atoms with Gasteiger partial charge in [-0.1, -0.05) is 11.8 Å². The third-order valence-electron chi connectivity index (χ3n) is 1.67. The second kappa shape index (κ2) is 5.51. The molecule has 0 fully saturated rings. The summed E-state index contributed by atoms with van der Waals surface area (Å²) in [5.74, 6) is 4.11. The summed E-state index contributed by atoms with van der Waals surface area (Å²) in [6.07, 6.45) is 1.40. The van der Waals surface area contributed by atoms with E-state index in [2.05, 4.69) is 21.6 Å². The van der Waals surface area contributed by atoms with E-state index in [1.54, 1.807) is 12.1 Å². The van der Waals surface area contributed by atoms with Gasteiger partial charge in [0, 0.05) is 6.20 Å². The normalized spacial score (nSPS) is 8.81. The van der Waals surface area contributed by atoms with Crippen LogP contribution in [0.5, 0.6) is 0 Å². The number of nitrogens with zero attached hydrogens (tertiary/aromatic N) is 1. The standard InChI is InChI=1S/C11H10N2O3/c1-16-11(15)10-8(5-3-7-13-10)4-2-6-9(12)14/h3,5,7H,6H2,1H3,(H2,12,14). The number of carbonyl (C=O) groups is 2. The van der Waals surface area contributed by atoms with Crippen molar-refractivity contribution in [3.05, 3.63) is 29.6 Å². The van der Waals surface area contributed by atoms with Crippen LogP contribution >= 0.6 is 0 Å². The van der Waals surface area contributed by atoms with Crippen LogP contribution in [0.25, 0.3) is 0 Å². The molecule has 1 aromatic rings. The second-order valence-corrected chi connectivity index (χ2v) is 2.84. The van der Waals surface area contributed by atoms with Crippen molar-refractivity contribution >= 4 is 11.9 Å². The number of carbonyl (C=O) groups excluding carboxylic acids is 2. The minimum Gasteiger partial charge on any atom is -0.464 e. The molecule has 0 saturated heterocycles. The third-order valence-corrected chi connectivity index (χ3v) is 1.67. The molecule has 5 nitrogen and oxygen atoms in total. The Balaban J connectivity index is 2.98. The second-order valence-electron chi connectivity index (χ2n) is 2.84. The van der Waals surface area contributed by atoms with Crippen LogP contribution in [0.1, 0.15) is 22.5 Å². The Hall–Kier alpha value is -2.35. The zero-order valence-corrected chi connectivity index (χ0v) is 8.69. The van der Waals surface area contributed by atoms with E-state index in [4.69, 9.17) is 5.73 Å². The van der Waals surface area contributed by atoms with Crippen molar-refractivity contribution in [2.75, 3.05) is 7.11 Å². The zero-order chi connectivity index (χ0) is 12.0. The third kappa shape index (κ3) is 3.10. The first-order valence-corrected chi connectivity index (χ1v) is 4.45. The summed E-state index contributed by atoms with van der Waals surface area (Å²) in [6, 6.07) is 3.26. The molecule has 2 N–H and O–H groups in total. The maximum absolute atomic E-state index is 11.3. The van der Waals surface area contributed by atoms with E-state index in [-0.39, 0.29) is 12.1 Å². The number of rotatable bonds is 2. The molecule has 1 aromatic heterocycles. The van der Waals surface area contributed by atoms with Gasteiger partial charge in [0.2, 0.25) is 5.91 Å². The molecule has 0 radical (unpaired) electrons.